The summed E-state index contributed by atoms with van der Waals surface area (Å²) >= 11 is 4.78. The number of esters is 1. The molecule has 8 heteroatoms. The molecule has 0 aliphatic heterocycles. The van der Waals surface area contributed by atoms with Crippen molar-refractivity contribution in [1.29, 1.82) is 0 Å². The van der Waals surface area contributed by atoms with Gasteiger partial charge in [0, 0.05) is 21.2 Å². The highest BCUT2D eigenvalue weighted by Crippen LogP contribution is 2.33. The van der Waals surface area contributed by atoms with Crippen molar-refractivity contribution in [3.8, 4) is 0 Å². The highest BCUT2D eigenvalue weighted by molar-refractivity contribution is 9.10. The molecule has 0 bridgehead atoms. The molecule has 2 aromatic heterocycles. The zero-order chi connectivity index (χ0) is 19.7. The lowest BCUT2D eigenvalue weighted by Gasteiger charge is -2.04. The molecule has 142 valence electrons. The number of H-pyrrole nitrogens is 1. The molecular weight excluding hydrogens is 444 g/mol. The second-order valence-corrected chi connectivity index (χ2v) is 7.83. The van der Waals surface area contributed by atoms with Gasteiger partial charge in [-0.05, 0) is 37.3 Å². The maximum absolute atomic E-state index is 12.3. The van der Waals surface area contributed by atoms with E-state index in [2.05, 4.69) is 25.9 Å². The number of hydrogen-bond donors (Lipinski definition) is 1. The van der Waals surface area contributed by atoms with Crippen LogP contribution >= 0.6 is 27.7 Å². The third-order valence-corrected chi connectivity index (χ3v) is 5.55. The summed E-state index contributed by atoms with van der Waals surface area (Å²) in [7, 11) is 0. The summed E-state index contributed by atoms with van der Waals surface area (Å²) in [5, 5.41) is 1.83. The summed E-state index contributed by atoms with van der Waals surface area (Å²) in [4.78, 5) is 31.9. The number of ether oxygens (including phenoxy) is 1. The monoisotopic (exact) mass is 458 g/mol. The van der Waals surface area contributed by atoms with Gasteiger partial charge in [0.25, 0.3) is 5.56 Å². The van der Waals surface area contributed by atoms with E-state index < -0.39 is 5.97 Å². The van der Waals surface area contributed by atoms with Gasteiger partial charge >= 0.3 is 5.97 Å². The number of halogens is 1. The minimum Gasteiger partial charge on any atom is -0.460 e. The molecule has 0 fully saturated rings. The Morgan fingerprint density at radius 1 is 1.25 bits per heavy atom. The van der Waals surface area contributed by atoms with Crippen LogP contribution in [-0.4, -0.2) is 22.5 Å². The second-order valence-electron chi connectivity index (χ2n) is 5.95. The molecule has 2 aromatic carbocycles. The molecule has 4 aromatic rings. The summed E-state index contributed by atoms with van der Waals surface area (Å²) in [5.41, 5.74) is 1.73. The van der Waals surface area contributed by atoms with Crippen molar-refractivity contribution >= 4 is 55.5 Å². The lowest BCUT2D eigenvalue weighted by molar-refractivity contribution is 0.0491. The fourth-order valence-corrected chi connectivity index (χ4v) is 4.16. The summed E-state index contributed by atoms with van der Waals surface area (Å²) in [6.45, 7) is 2.00. The lowest BCUT2D eigenvalue weighted by Crippen LogP contribution is -2.09. The van der Waals surface area contributed by atoms with Gasteiger partial charge in [0.15, 0.2) is 5.16 Å². The van der Waals surface area contributed by atoms with E-state index in [-0.39, 0.29) is 17.9 Å². The number of benzene rings is 2. The topological polar surface area (TPSA) is 85.2 Å². The normalized spacial score (nSPS) is 11.2. The smallest absolute Gasteiger partial charge is 0.374 e. The number of aromatic nitrogens is 2. The van der Waals surface area contributed by atoms with Crippen LogP contribution in [0.1, 0.15) is 23.0 Å². The molecule has 0 unspecified atom stereocenters. The molecule has 2 heterocycles. The standard InChI is InChI=1S/C20H15BrN2O4S/c1-2-26-19(25)17-14(13-9-11(21)7-8-16(13)27-17)10-28-20-22-15-6-4-3-5-12(15)18(24)23-20/h3-9H,2,10H2,1H3,(H,22,23,24). The predicted octanol–water partition coefficient (Wildman–Crippen LogP) is 4.90. The van der Waals surface area contributed by atoms with E-state index in [9.17, 15) is 9.59 Å². The first kappa shape index (κ1) is 18.8. The van der Waals surface area contributed by atoms with E-state index in [0.29, 0.717) is 33.0 Å². The largest absolute Gasteiger partial charge is 0.460 e. The highest BCUT2D eigenvalue weighted by Gasteiger charge is 2.22. The molecule has 4 rings (SSSR count). The van der Waals surface area contributed by atoms with Gasteiger partial charge in [-0.3, -0.25) is 4.79 Å². The summed E-state index contributed by atoms with van der Waals surface area (Å²) in [5.74, 6) is 0.0507. The van der Waals surface area contributed by atoms with Crippen molar-refractivity contribution < 1.29 is 13.9 Å². The molecule has 0 aliphatic carbocycles. The fourth-order valence-electron chi connectivity index (χ4n) is 2.90. The van der Waals surface area contributed by atoms with Gasteiger partial charge in [-0.15, -0.1) is 0 Å². The van der Waals surface area contributed by atoms with Crippen LogP contribution in [-0.2, 0) is 10.5 Å². The summed E-state index contributed by atoms with van der Waals surface area (Å²) in [6, 6.07) is 12.7. The number of nitrogens with zero attached hydrogens (tertiary/aromatic N) is 1. The SMILES string of the molecule is CCOC(=O)c1oc2ccc(Br)cc2c1CSc1nc2ccccc2c(=O)[nH]1. The number of aromatic amines is 1. The summed E-state index contributed by atoms with van der Waals surface area (Å²) in [6.07, 6.45) is 0. The van der Waals surface area contributed by atoms with Crippen LogP contribution in [0.3, 0.4) is 0 Å². The van der Waals surface area contributed by atoms with Gasteiger partial charge in [-0.25, -0.2) is 9.78 Å². The molecular formula is C20H15BrN2O4S. The first-order valence-electron chi connectivity index (χ1n) is 8.56. The Bertz CT molecular complexity index is 1250. The average Bonchev–Trinajstić information content (AvgIpc) is 3.04. The van der Waals surface area contributed by atoms with Crippen molar-refractivity contribution in [1.82, 2.24) is 9.97 Å². The molecule has 0 amide bonds. The van der Waals surface area contributed by atoms with Crippen LogP contribution in [0.25, 0.3) is 21.9 Å². The molecule has 0 spiro atoms. The molecule has 0 saturated heterocycles. The number of carbonyl (C=O) groups excluding carboxylic acids is 1. The van der Waals surface area contributed by atoms with E-state index in [1.807, 2.05) is 18.2 Å². The van der Waals surface area contributed by atoms with Gasteiger partial charge in [0.1, 0.15) is 5.58 Å². The van der Waals surface area contributed by atoms with Crippen LogP contribution in [0.15, 0.2) is 61.3 Å². The number of hydrogen-bond acceptors (Lipinski definition) is 6. The average molecular weight is 459 g/mol. The third-order valence-electron chi connectivity index (χ3n) is 4.16. The van der Waals surface area contributed by atoms with Gasteiger partial charge in [0.2, 0.25) is 5.76 Å². The van der Waals surface area contributed by atoms with Crippen molar-refractivity contribution in [3.63, 3.8) is 0 Å². The van der Waals surface area contributed by atoms with Crippen LogP contribution in [0, 0.1) is 0 Å². The van der Waals surface area contributed by atoms with Crippen LogP contribution < -0.4 is 5.56 Å². The number of carbonyl (C=O) groups is 1. The van der Waals surface area contributed by atoms with Crippen molar-refractivity contribution in [2.45, 2.75) is 17.8 Å². The molecule has 0 saturated carbocycles. The quantitative estimate of drug-likeness (QED) is 0.260. The number of para-hydroxylation sites is 1. The van der Waals surface area contributed by atoms with Gasteiger partial charge in [0.05, 0.1) is 17.5 Å². The fraction of sp³-hybridized carbons (Fsp3) is 0.150. The van der Waals surface area contributed by atoms with E-state index in [1.54, 1.807) is 31.2 Å². The number of thioether (sulfide) groups is 1. The predicted molar refractivity (Wildman–Crippen MR) is 112 cm³/mol. The molecule has 1 N–H and O–H groups in total. The van der Waals surface area contributed by atoms with Gasteiger partial charge in [-0.2, -0.15) is 0 Å². The second kappa shape index (κ2) is 7.81. The number of fused-ring (bicyclic) bond motifs is 2. The van der Waals surface area contributed by atoms with Crippen LogP contribution in [0.5, 0.6) is 0 Å². The zero-order valence-electron chi connectivity index (χ0n) is 14.8. The molecule has 0 atom stereocenters. The van der Waals surface area contributed by atoms with Gasteiger partial charge in [-0.1, -0.05) is 39.8 Å². The third kappa shape index (κ3) is 3.57. The van der Waals surface area contributed by atoms with Crippen LogP contribution in [0.2, 0.25) is 0 Å². The number of nitrogens with one attached hydrogen (secondary N) is 1. The maximum atomic E-state index is 12.3. The van der Waals surface area contributed by atoms with Crippen molar-refractivity contribution in [2.24, 2.45) is 0 Å². The van der Waals surface area contributed by atoms with Crippen molar-refractivity contribution in [3.05, 3.63) is 68.6 Å². The Hall–Kier alpha value is -2.58. The zero-order valence-corrected chi connectivity index (χ0v) is 17.2. The summed E-state index contributed by atoms with van der Waals surface area (Å²) < 4.78 is 11.8. The number of rotatable bonds is 5. The Labute approximate surface area is 172 Å². The van der Waals surface area contributed by atoms with E-state index in [1.165, 1.54) is 11.8 Å². The Balaban J connectivity index is 1.73. The van der Waals surface area contributed by atoms with E-state index >= 15 is 0 Å². The Morgan fingerprint density at radius 2 is 2.07 bits per heavy atom. The Kier molecular flexibility index (Phi) is 5.23. The molecule has 0 aliphatic rings. The first-order chi connectivity index (χ1) is 13.6. The van der Waals surface area contributed by atoms with Gasteiger partial charge < -0.3 is 14.1 Å². The molecule has 6 nitrogen and oxygen atoms in total. The molecule has 0 radical (unpaired) electrons. The minimum atomic E-state index is -0.509. The minimum absolute atomic E-state index is 0.172. The molecule has 28 heavy (non-hydrogen) atoms. The first-order valence-corrected chi connectivity index (χ1v) is 10.3. The lowest BCUT2D eigenvalue weighted by atomic mass is 10.1. The van der Waals surface area contributed by atoms with E-state index in [0.717, 1.165) is 9.86 Å². The van der Waals surface area contributed by atoms with Crippen LogP contribution in [0.4, 0.5) is 0 Å². The van der Waals surface area contributed by atoms with Crippen molar-refractivity contribution in [2.75, 3.05) is 6.61 Å². The maximum Gasteiger partial charge on any atom is 0.374 e. The number of furan rings is 1. The van der Waals surface area contributed by atoms with E-state index in [4.69, 9.17) is 9.15 Å². The Morgan fingerprint density at radius 3 is 2.89 bits per heavy atom. The highest BCUT2D eigenvalue weighted by atomic mass is 79.9.